The van der Waals surface area contributed by atoms with E-state index in [1.54, 1.807) is 18.3 Å². The van der Waals surface area contributed by atoms with E-state index in [1.807, 2.05) is 35.8 Å². The molecular formula is C10H11NOS. The number of nitrogens with one attached hydrogen (secondary N) is 1. The Morgan fingerprint density at radius 2 is 2.23 bits per heavy atom. The van der Waals surface area contributed by atoms with Crippen LogP contribution in [0.25, 0.3) is 0 Å². The second kappa shape index (κ2) is 3.01. The lowest BCUT2D eigenvalue weighted by molar-refractivity contribution is 0.102. The SMILES string of the molecule is CC(O)(c1ccc[nH]1)c1cccs1. The summed E-state index contributed by atoms with van der Waals surface area (Å²) >= 11 is 1.56. The van der Waals surface area contributed by atoms with Gasteiger partial charge in [-0.15, -0.1) is 11.3 Å². The molecule has 2 N–H and O–H groups in total. The molecule has 0 radical (unpaired) electrons. The molecule has 0 fully saturated rings. The fourth-order valence-electron chi connectivity index (χ4n) is 1.32. The van der Waals surface area contributed by atoms with Gasteiger partial charge in [0.15, 0.2) is 0 Å². The van der Waals surface area contributed by atoms with Crippen molar-refractivity contribution in [3.8, 4) is 0 Å². The zero-order valence-corrected chi connectivity index (χ0v) is 8.14. The predicted octanol–water partition coefficient (Wildman–Crippen LogP) is 2.33. The summed E-state index contributed by atoms with van der Waals surface area (Å²) in [5, 5.41) is 12.2. The Hall–Kier alpha value is -1.06. The average Bonchev–Trinajstić information content (AvgIpc) is 2.78. The van der Waals surface area contributed by atoms with Crippen molar-refractivity contribution in [1.82, 2.24) is 4.98 Å². The molecular weight excluding hydrogens is 182 g/mol. The smallest absolute Gasteiger partial charge is 0.135 e. The van der Waals surface area contributed by atoms with E-state index in [4.69, 9.17) is 0 Å². The number of aromatic nitrogens is 1. The monoisotopic (exact) mass is 193 g/mol. The molecule has 0 saturated heterocycles. The minimum absolute atomic E-state index is 0.829. The van der Waals surface area contributed by atoms with Gasteiger partial charge in [0.05, 0.1) is 5.69 Å². The maximum Gasteiger partial charge on any atom is 0.135 e. The van der Waals surface area contributed by atoms with Crippen LogP contribution in [0.2, 0.25) is 0 Å². The molecule has 0 spiro atoms. The van der Waals surface area contributed by atoms with Crippen molar-refractivity contribution in [2.45, 2.75) is 12.5 Å². The number of hydrogen-bond donors (Lipinski definition) is 2. The molecule has 0 aliphatic carbocycles. The average molecular weight is 193 g/mol. The van der Waals surface area contributed by atoms with Crippen LogP contribution in [-0.2, 0) is 5.60 Å². The highest BCUT2D eigenvalue weighted by Crippen LogP contribution is 2.30. The molecule has 2 aromatic rings. The molecule has 1 atom stereocenters. The second-order valence-electron chi connectivity index (χ2n) is 3.13. The highest BCUT2D eigenvalue weighted by Gasteiger charge is 2.27. The number of H-pyrrole nitrogens is 1. The number of aliphatic hydroxyl groups is 1. The van der Waals surface area contributed by atoms with Gasteiger partial charge in [0.1, 0.15) is 5.60 Å². The Morgan fingerprint density at radius 1 is 1.38 bits per heavy atom. The standard InChI is InChI=1S/C10H11NOS/c1-10(12,8-4-2-6-11-8)9-5-3-7-13-9/h2-7,11-12H,1H3. The molecule has 2 rings (SSSR count). The van der Waals surface area contributed by atoms with Crippen LogP contribution >= 0.6 is 11.3 Å². The first kappa shape index (κ1) is 8.53. The lowest BCUT2D eigenvalue weighted by atomic mass is 10.0. The Labute approximate surface area is 80.9 Å². The molecule has 0 aliphatic rings. The van der Waals surface area contributed by atoms with E-state index in [2.05, 4.69) is 4.98 Å². The number of aromatic amines is 1. The van der Waals surface area contributed by atoms with Crippen molar-refractivity contribution in [2.24, 2.45) is 0 Å². The molecule has 0 bridgehead atoms. The third-order valence-corrected chi connectivity index (χ3v) is 3.20. The Morgan fingerprint density at radius 3 is 2.77 bits per heavy atom. The zero-order chi connectivity index (χ0) is 9.31. The third kappa shape index (κ3) is 1.41. The van der Waals surface area contributed by atoms with Crippen molar-refractivity contribution in [2.75, 3.05) is 0 Å². The second-order valence-corrected chi connectivity index (χ2v) is 4.08. The van der Waals surface area contributed by atoms with Crippen molar-refractivity contribution >= 4 is 11.3 Å². The summed E-state index contributed by atoms with van der Waals surface area (Å²) in [6.07, 6.45) is 1.82. The summed E-state index contributed by atoms with van der Waals surface area (Å²) in [4.78, 5) is 3.98. The molecule has 0 aliphatic heterocycles. The summed E-state index contributed by atoms with van der Waals surface area (Å²) in [5.41, 5.74) is -0.0625. The normalized spacial score (nSPS) is 15.5. The van der Waals surface area contributed by atoms with E-state index < -0.39 is 5.60 Å². The van der Waals surface area contributed by atoms with E-state index >= 15 is 0 Å². The molecule has 0 aromatic carbocycles. The van der Waals surface area contributed by atoms with Gasteiger partial charge in [-0.3, -0.25) is 0 Å². The van der Waals surface area contributed by atoms with Gasteiger partial charge in [0.2, 0.25) is 0 Å². The van der Waals surface area contributed by atoms with Crippen LogP contribution in [0, 0.1) is 0 Å². The predicted molar refractivity (Wildman–Crippen MR) is 53.8 cm³/mol. The Balaban J connectivity index is 2.42. The summed E-state index contributed by atoms with van der Waals surface area (Å²) in [6.45, 7) is 1.80. The lowest BCUT2D eigenvalue weighted by Crippen LogP contribution is -2.21. The van der Waals surface area contributed by atoms with Crippen LogP contribution < -0.4 is 0 Å². The minimum Gasteiger partial charge on any atom is -0.378 e. The van der Waals surface area contributed by atoms with E-state index in [0.717, 1.165) is 10.6 Å². The van der Waals surface area contributed by atoms with Crippen molar-refractivity contribution in [1.29, 1.82) is 0 Å². The quantitative estimate of drug-likeness (QED) is 0.754. The van der Waals surface area contributed by atoms with E-state index in [1.165, 1.54) is 0 Å². The molecule has 2 nitrogen and oxygen atoms in total. The van der Waals surface area contributed by atoms with Gasteiger partial charge in [-0.25, -0.2) is 0 Å². The summed E-state index contributed by atoms with van der Waals surface area (Å²) in [5.74, 6) is 0. The van der Waals surface area contributed by atoms with Gasteiger partial charge in [-0.1, -0.05) is 6.07 Å². The largest absolute Gasteiger partial charge is 0.378 e. The fraction of sp³-hybridized carbons (Fsp3) is 0.200. The Bertz CT molecular complexity index is 325. The number of rotatable bonds is 2. The van der Waals surface area contributed by atoms with Crippen molar-refractivity contribution in [3.05, 3.63) is 46.4 Å². The number of thiophene rings is 1. The maximum absolute atomic E-state index is 10.2. The summed E-state index contributed by atoms with van der Waals surface area (Å²) < 4.78 is 0. The first-order valence-corrected chi connectivity index (χ1v) is 4.99. The van der Waals surface area contributed by atoms with Gasteiger partial charge >= 0.3 is 0 Å². The fourth-order valence-corrected chi connectivity index (χ4v) is 2.12. The summed E-state index contributed by atoms with van der Waals surface area (Å²) in [6, 6.07) is 7.65. The minimum atomic E-state index is -0.891. The molecule has 2 heterocycles. The molecule has 13 heavy (non-hydrogen) atoms. The topological polar surface area (TPSA) is 36.0 Å². The highest BCUT2D eigenvalue weighted by atomic mass is 32.1. The van der Waals surface area contributed by atoms with E-state index in [-0.39, 0.29) is 0 Å². The lowest BCUT2D eigenvalue weighted by Gasteiger charge is -2.20. The molecule has 0 saturated carbocycles. The van der Waals surface area contributed by atoms with Gasteiger partial charge in [0.25, 0.3) is 0 Å². The molecule has 2 aromatic heterocycles. The van der Waals surface area contributed by atoms with Crippen LogP contribution in [0.15, 0.2) is 35.8 Å². The van der Waals surface area contributed by atoms with Gasteiger partial charge < -0.3 is 10.1 Å². The summed E-state index contributed by atoms with van der Waals surface area (Å²) in [7, 11) is 0. The van der Waals surface area contributed by atoms with Crippen LogP contribution in [0.5, 0.6) is 0 Å². The highest BCUT2D eigenvalue weighted by molar-refractivity contribution is 7.10. The van der Waals surface area contributed by atoms with Crippen LogP contribution in [0.3, 0.4) is 0 Å². The third-order valence-electron chi connectivity index (χ3n) is 2.12. The first-order valence-electron chi connectivity index (χ1n) is 4.11. The number of hydrogen-bond acceptors (Lipinski definition) is 2. The van der Waals surface area contributed by atoms with Gasteiger partial charge in [-0.05, 0) is 30.5 Å². The van der Waals surface area contributed by atoms with Crippen LogP contribution in [-0.4, -0.2) is 10.1 Å². The van der Waals surface area contributed by atoms with Crippen LogP contribution in [0.4, 0.5) is 0 Å². The van der Waals surface area contributed by atoms with Gasteiger partial charge in [0, 0.05) is 11.1 Å². The van der Waals surface area contributed by atoms with Crippen molar-refractivity contribution < 1.29 is 5.11 Å². The maximum atomic E-state index is 10.2. The molecule has 1 unspecified atom stereocenters. The first-order chi connectivity index (χ1) is 6.21. The van der Waals surface area contributed by atoms with Crippen LogP contribution in [0.1, 0.15) is 17.5 Å². The Kier molecular flexibility index (Phi) is 1.98. The zero-order valence-electron chi connectivity index (χ0n) is 7.32. The molecule has 0 amide bonds. The van der Waals surface area contributed by atoms with E-state index in [9.17, 15) is 5.11 Å². The van der Waals surface area contributed by atoms with Crippen molar-refractivity contribution in [3.63, 3.8) is 0 Å². The molecule has 3 heteroatoms. The van der Waals surface area contributed by atoms with E-state index in [0.29, 0.717) is 0 Å². The molecule has 68 valence electrons. The van der Waals surface area contributed by atoms with Gasteiger partial charge in [-0.2, -0.15) is 0 Å².